The van der Waals surface area contributed by atoms with Gasteiger partial charge in [0.05, 0.1) is 4.88 Å². The van der Waals surface area contributed by atoms with Gasteiger partial charge in [0.2, 0.25) is 0 Å². The number of fused-ring (bicyclic) bond motifs is 1. The number of hydrogen-bond donors (Lipinski definition) is 1. The van der Waals surface area contributed by atoms with Crippen LogP contribution in [-0.4, -0.2) is 24.3 Å². The fourth-order valence-electron chi connectivity index (χ4n) is 2.82. The molecule has 0 aliphatic rings. The average Bonchev–Trinajstić information content (AvgIpc) is 2.99. The Hall–Kier alpha value is -2.43. The molecule has 128 valence electrons. The number of anilines is 1. The molecule has 0 spiro atoms. The summed E-state index contributed by atoms with van der Waals surface area (Å²) in [6.07, 6.45) is 0. The Morgan fingerprint density at radius 2 is 1.92 bits per heavy atom. The first-order valence-electron chi connectivity index (χ1n) is 8.23. The fraction of sp³-hybridized carbons (Fsp3) is 0.190. The van der Waals surface area contributed by atoms with Crippen LogP contribution < -0.4 is 5.32 Å². The highest BCUT2D eigenvalue weighted by molar-refractivity contribution is 7.20. The van der Waals surface area contributed by atoms with Crippen LogP contribution in [0.1, 0.15) is 22.2 Å². The van der Waals surface area contributed by atoms with Gasteiger partial charge in [0.25, 0.3) is 0 Å². The van der Waals surface area contributed by atoms with Crippen LogP contribution in [0.25, 0.3) is 10.1 Å². The lowest BCUT2D eigenvalue weighted by atomic mass is 10.2. The molecular weight excluding hydrogens is 328 g/mol. The number of rotatable bonds is 7. The Labute approximate surface area is 152 Å². The van der Waals surface area contributed by atoms with Crippen LogP contribution in [0.4, 0.5) is 5.69 Å². The predicted octanol–water partition coefficient (Wildman–Crippen LogP) is 5.16. The maximum Gasteiger partial charge on any atom is 0.169 e. The number of carbonyl (C=O) groups is 1. The molecule has 1 heterocycles. The van der Waals surface area contributed by atoms with E-state index < -0.39 is 0 Å². The smallest absolute Gasteiger partial charge is 0.169 e. The molecule has 0 aliphatic carbocycles. The van der Waals surface area contributed by atoms with Crippen molar-refractivity contribution < 1.29 is 4.79 Å². The number of nitrogens with one attached hydrogen (secondary N) is 1. The van der Waals surface area contributed by atoms with E-state index in [2.05, 4.69) is 60.2 Å². The molecular formula is C21H22N2OS. The standard InChI is InChI=1S/C21H22N2OS/c1-15(13-23(3)14-17-7-5-4-6-8-17)22-19-9-10-20-18(11-19)12-21(25-20)16(2)24/h4-12,22H,1,13-14H2,2-3H3. The maximum absolute atomic E-state index is 11.5. The number of carbonyl (C=O) groups excluding carboxylic acids is 1. The van der Waals surface area contributed by atoms with E-state index in [1.165, 1.54) is 16.9 Å². The lowest BCUT2D eigenvalue weighted by molar-refractivity contribution is 0.102. The van der Waals surface area contributed by atoms with Crippen LogP contribution in [0, 0.1) is 0 Å². The molecule has 0 atom stereocenters. The molecule has 0 saturated heterocycles. The molecule has 0 bridgehead atoms. The van der Waals surface area contributed by atoms with Crippen LogP contribution in [0.15, 0.2) is 66.9 Å². The molecule has 1 aromatic heterocycles. The van der Waals surface area contributed by atoms with Gasteiger partial charge in [0, 0.05) is 29.2 Å². The third-order valence-corrected chi connectivity index (χ3v) is 5.16. The largest absolute Gasteiger partial charge is 0.358 e. The summed E-state index contributed by atoms with van der Waals surface area (Å²) in [5, 5.41) is 4.46. The normalized spacial score (nSPS) is 11.0. The molecule has 0 amide bonds. The van der Waals surface area contributed by atoms with Gasteiger partial charge < -0.3 is 5.32 Å². The third-order valence-electron chi connectivity index (χ3n) is 3.94. The molecule has 0 saturated carbocycles. The van der Waals surface area contributed by atoms with Gasteiger partial charge in [-0.3, -0.25) is 9.69 Å². The summed E-state index contributed by atoms with van der Waals surface area (Å²) in [6.45, 7) is 7.39. The molecule has 25 heavy (non-hydrogen) atoms. The summed E-state index contributed by atoms with van der Waals surface area (Å²) in [5.41, 5.74) is 3.23. The van der Waals surface area contributed by atoms with Gasteiger partial charge >= 0.3 is 0 Å². The molecule has 0 radical (unpaired) electrons. The lowest BCUT2D eigenvalue weighted by Crippen LogP contribution is -2.22. The number of nitrogens with zero attached hydrogens (tertiary/aromatic N) is 1. The average molecular weight is 350 g/mol. The van der Waals surface area contributed by atoms with Gasteiger partial charge in [0.1, 0.15) is 0 Å². The first-order chi connectivity index (χ1) is 12.0. The zero-order chi connectivity index (χ0) is 17.8. The molecule has 3 rings (SSSR count). The molecule has 0 unspecified atom stereocenters. The summed E-state index contributed by atoms with van der Waals surface area (Å²) >= 11 is 1.54. The topological polar surface area (TPSA) is 32.3 Å². The number of likely N-dealkylation sites (N-methyl/N-ethyl adjacent to an activating group) is 1. The van der Waals surface area contributed by atoms with Gasteiger partial charge in [-0.1, -0.05) is 36.9 Å². The fourth-order valence-corrected chi connectivity index (χ4v) is 3.75. The number of hydrogen-bond acceptors (Lipinski definition) is 4. The first-order valence-corrected chi connectivity index (χ1v) is 9.05. The first kappa shape index (κ1) is 17.4. The molecule has 0 aliphatic heterocycles. The van der Waals surface area contributed by atoms with E-state index in [9.17, 15) is 4.79 Å². The van der Waals surface area contributed by atoms with E-state index >= 15 is 0 Å². The minimum atomic E-state index is 0.114. The van der Waals surface area contributed by atoms with Crippen LogP contribution in [-0.2, 0) is 6.54 Å². The van der Waals surface area contributed by atoms with Crippen molar-refractivity contribution in [3.63, 3.8) is 0 Å². The quantitative estimate of drug-likeness (QED) is 0.597. The van der Waals surface area contributed by atoms with Crippen molar-refractivity contribution in [1.29, 1.82) is 0 Å². The maximum atomic E-state index is 11.5. The van der Waals surface area contributed by atoms with Crippen molar-refractivity contribution in [2.45, 2.75) is 13.5 Å². The minimum absolute atomic E-state index is 0.114. The lowest BCUT2D eigenvalue weighted by Gasteiger charge is -2.19. The minimum Gasteiger partial charge on any atom is -0.358 e. The summed E-state index contributed by atoms with van der Waals surface area (Å²) in [7, 11) is 2.08. The van der Waals surface area contributed by atoms with Crippen LogP contribution >= 0.6 is 11.3 Å². The Bertz CT molecular complexity index is 899. The SMILES string of the molecule is C=C(CN(C)Cc1ccccc1)Nc1ccc2sc(C(C)=O)cc2c1. The summed E-state index contributed by atoms with van der Waals surface area (Å²) in [5.74, 6) is 0.114. The molecule has 3 nitrogen and oxygen atoms in total. The van der Waals surface area contributed by atoms with Crippen LogP contribution in [0.2, 0.25) is 0 Å². The van der Waals surface area contributed by atoms with Crippen molar-refractivity contribution in [3.05, 3.63) is 77.3 Å². The summed E-state index contributed by atoms with van der Waals surface area (Å²) in [6, 6.07) is 18.5. The van der Waals surface area contributed by atoms with Gasteiger partial charge in [-0.05, 0) is 49.2 Å². The van der Waals surface area contributed by atoms with Crippen molar-refractivity contribution in [3.8, 4) is 0 Å². The zero-order valence-electron chi connectivity index (χ0n) is 14.6. The predicted molar refractivity (Wildman–Crippen MR) is 107 cm³/mol. The van der Waals surface area contributed by atoms with Crippen molar-refractivity contribution in [1.82, 2.24) is 4.90 Å². The van der Waals surface area contributed by atoms with E-state index in [1.54, 1.807) is 6.92 Å². The van der Waals surface area contributed by atoms with Crippen LogP contribution in [0.5, 0.6) is 0 Å². The second kappa shape index (κ2) is 7.64. The summed E-state index contributed by atoms with van der Waals surface area (Å²) < 4.78 is 1.13. The highest BCUT2D eigenvalue weighted by Crippen LogP contribution is 2.28. The van der Waals surface area contributed by atoms with E-state index in [-0.39, 0.29) is 5.78 Å². The number of thiophene rings is 1. The Morgan fingerprint density at radius 3 is 2.64 bits per heavy atom. The second-order valence-corrected chi connectivity index (χ2v) is 7.39. The van der Waals surface area contributed by atoms with Crippen molar-refractivity contribution in [2.24, 2.45) is 0 Å². The van der Waals surface area contributed by atoms with E-state index in [0.29, 0.717) is 0 Å². The van der Waals surface area contributed by atoms with Gasteiger partial charge in [-0.2, -0.15) is 0 Å². The second-order valence-electron chi connectivity index (χ2n) is 6.31. The zero-order valence-corrected chi connectivity index (χ0v) is 15.4. The van der Waals surface area contributed by atoms with Gasteiger partial charge in [-0.25, -0.2) is 0 Å². The molecule has 2 aromatic carbocycles. The van der Waals surface area contributed by atoms with E-state index in [0.717, 1.165) is 39.4 Å². The molecule has 0 fully saturated rings. The molecule has 3 aromatic rings. The molecule has 4 heteroatoms. The highest BCUT2D eigenvalue weighted by Gasteiger charge is 2.07. The molecule has 1 N–H and O–H groups in total. The number of benzene rings is 2. The van der Waals surface area contributed by atoms with E-state index in [4.69, 9.17) is 0 Å². The van der Waals surface area contributed by atoms with Gasteiger partial charge in [0.15, 0.2) is 5.78 Å². The van der Waals surface area contributed by atoms with Crippen molar-refractivity contribution >= 4 is 32.9 Å². The summed E-state index contributed by atoms with van der Waals surface area (Å²) in [4.78, 5) is 14.5. The highest BCUT2D eigenvalue weighted by atomic mass is 32.1. The van der Waals surface area contributed by atoms with E-state index in [1.807, 2.05) is 18.2 Å². The van der Waals surface area contributed by atoms with Gasteiger partial charge in [-0.15, -0.1) is 11.3 Å². The van der Waals surface area contributed by atoms with Crippen molar-refractivity contribution in [2.75, 3.05) is 18.9 Å². The Morgan fingerprint density at radius 1 is 1.16 bits per heavy atom. The van der Waals surface area contributed by atoms with Crippen LogP contribution in [0.3, 0.4) is 0 Å². The number of Topliss-reactive ketones (excluding diaryl/α,β-unsaturated/α-hetero) is 1. The Balaban J connectivity index is 1.62. The Kier molecular flexibility index (Phi) is 5.31. The third kappa shape index (κ3) is 4.56. The number of ketones is 1. The monoisotopic (exact) mass is 350 g/mol.